The number of hydrogen-bond donors (Lipinski definition) is 2. The maximum absolute atomic E-state index is 13.4. The lowest BCUT2D eigenvalue weighted by Gasteiger charge is -2.26. The number of ether oxygens (including phenoxy) is 1. The second-order valence-corrected chi connectivity index (χ2v) is 13.9. The summed E-state index contributed by atoms with van der Waals surface area (Å²) < 4.78 is 34.2. The molecule has 0 spiro atoms. The fraction of sp³-hybridized carbons (Fsp3) is 0.167. The molecular formula is C30H25ClN4O5S3. The van der Waals surface area contributed by atoms with E-state index < -0.39 is 10.0 Å². The molecule has 2 amide bonds. The number of rotatable bonds is 7. The molecule has 0 bridgehead atoms. The molecule has 3 heterocycles. The van der Waals surface area contributed by atoms with Crippen LogP contribution in [0.25, 0.3) is 20.8 Å². The lowest BCUT2D eigenvalue weighted by molar-refractivity contribution is 0.102. The highest BCUT2D eigenvalue weighted by Crippen LogP contribution is 2.46. The fourth-order valence-corrected chi connectivity index (χ4v) is 8.31. The number of hydrogen-bond acceptors (Lipinski definition) is 8. The Kier molecular flexibility index (Phi) is 8.10. The van der Waals surface area contributed by atoms with Gasteiger partial charge in [0.1, 0.15) is 10.0 Å². The minimum atomic E-state index is -3.83. The van der Waals surface area contributed by atoms with Gasteiger partial charge in [-0.3, -0.25) is 9.52 Å². The summed E-state index contributed by atoms with van der Waals surface area (Å²) in [4.78, 5) is 33.4. The smallest absolute Gasteiger partial charge is 0.410 e. The molecule has 1 aliphatic heterocycles. The first-order chi connectivity index (χ1) is 20.7. The fourth-order valence-electron chi connectivity index (χ4n) is 4.76. The summed E-state index contributed by atoms with van der Waals surface area (Å²) >= 11 is 8.85. The summed E-state index contributed by atoms with van der Waals surface area (Å²) in [7, 11) is -3.83. The molecule has 9 nitrogen and oxygen atoms in total. The van der Waals surface area contributed by atoms with E-state index in [4.69, 9.17) is 21.3 Å². The molecule has 0 atom stereocenters. The van der Waals surface area contributed by atoms with Crippen molar-refractivity contribution in [1.82, 2.24) is 9.88 Å². The third-order valence-corrected chi connectivity index (χ3v) is 10.7. The van der Waals surface area contributed by atoms with Crippen molar-refractivity contribution in [3.63, 3.8) is 0 Å². The number of carbonyl (C=O) groups excluding carboxylic acids is 2. The van der Waals surface area contributed by atoms with Crippen LogP contribution in [0, 0.1) is 0 Å². The molecule has 2 aromatic heterocycles. The van der Waals surface area contributed by atoms with Crippen LogP contribution in [0.2, 0.25) is 5.02 Å². The summed E-state index contributed by atoms with van der Waals surface area (Å²) in [6.45, 7) is 2.96. The number of benzene rings is 3. The molecule has 3 aromatic carbocycles. The van der Waals surface area contributed by atoms with E-state index in [-0.39, 0.29) is 16.9 Å². The molecule has 13 heteroatoms. The summed E-state index contributed by atoms with van der Waals surface area (Å²) in [6.07, 6.45) is 0.245. The average Bonchev–Trinajstić information content (AvgIpc) is 3.58. The van der Waals surface area contributed by atoms with Gasteiger partial charge < -0.3 is 15.0 Å². The zero-order valence-electron chi connectivity index (χ0n) is 22.8. The van der Waals surface area contributed by atoms with Gasteiger partial charge in [0.2, 0.25) is 0 Å². The molecule has 2 N–H and O–H groups in total. The van der Waals surface area contributed by atoms with Gasteiger partial charge >= 0.3 is 6.09 Å². The topological polar surface area (TPSA) is 118 Å². The number of aromatic nitrogens is 1. The van der Waals surface area contributed by atoms with Crippen LogP contribution in [0.1, 0.15) is 27.7 Å². The first-order valence-electron chi connectivity index (χ1n) is 13.3. The molecule has 0 saturated carbocycles. The van der Waals surface area contributed by atoms with Crippen LogP contribution in [-0.4, -0.2) is 43.5 Å². The summed E-state index contributed by atoms with van der Waals surface area (Å²) in [6, 6.07) is 19.9. The maximum atomic E-state index is 13.4. The van der Waals surface area contributed by atoms with E-state index >= 15 is 0 Å². The number of amides is 2. The van der Waals surface area contributed by atoms with E-state index in [9.17, 15) is 18.0 Å². The van der Waals surface area contributed by atoms with Crippen molar-refractivity contribution in [2.45, 2.75) is 24.8 Å². The predicted octanol–water partition coefficient (Wildman–Crippen LogP) is 7.25. The molecule has 0 unspecified atom stereocenters. The Bertz CT molecular complexity index is 1900. The number of carbonyl (C=O) groups is 2. The van der Waals surface area contributed by atoms with Crippen molar-refractivity contribution >= 4 is 77.2 Å². The lowest BCUT2D eigenvalue weighted by Crippen LogP contribution is -2.35. The molecule has 43 heavy (non-hydrogen) atoms. The van der Waals surface area contributed by atoms with Crippen LogP contribution < -0.4 is 10.0 Å². The van der Waals surface area contributed by atoms with Gasteiger partial charge in [-0.05, 0) is 79.6 Å². The normalized spacial score (nSPS) is 13.0. The van der Waals surface area contributed by atoms with Gasteiger partial charge in [0, 0.05) is 33.3 Å². The Hall–Kier alpha value is -3.97. The molecule has 6 rings (SSSR count). The van der Waals surface area contributed by atoms with Crippen LogP contribution >= 0.6 is 34.3 Å². The number of fused-ring (bicyclic) bond motifs is 2. The summed E-state index contributed by atoms with van der Waals surface area (Å²) in [5.74, 6) is -0.352. The molecule has 220 valence electrons. The quantitative estimate of drug-likeness (QED) is 0.191. The van der Waals surface area contributed by atoms with Gasteiger partial charge in [0.05, 0.1) is 28.3 Å². The number of halogens is 1. The molecule has 0 radical (unpaired) electrons. The third-order valence-electron chi connectivity index (χ3n) is 6.84. The number of thiazole rings is 1. The number of sulfonamides is 1. The van der Waals surface area contributed by atoms with Crippen LogP contribution in [0.4, 0.5) is 15.5 Å². The number of para-hydroxylation sites is 1. The highest BCUT2D eigenvalue weighted by Gasteiger charge is 2.30. The van der Waals surface area contributed by atoms with Crippen molar-refractivity contribution < 1.29 is 22.7 Å². The predicted molar refractivity (Wildman–Crippen MR) is 171 cm³/mol. The van der Waals surface area contributed by atoms with E-state index in [0.717, 1.165) is 31.2 Å². The van der Waals surface area contributed by atoms with Gasteiger partial charge in [0.25, 0.3) is 15.9 Å². The highest BCUT2D eigenvalue weighted by molar-refractivity contribution is 7.92. The zero-order valence-corrected chi connectivity index (χ0v) is 26.0. The first-order valence-corrected chi connectivity index (χ1v) is 16.8. The van der Waals surface area contributed by atoms with Crippen LogP contribution in [0.5, 0.6) is 0 Å². The van der Waals surface area contributed by atoms with Gasteiger partial charge in [0.15, 0.2) is 0 Å². The number of thiophene rings is 1. The zero-order chi connectivity index (χ0) is 30.1. The molecule has 0 fully saturated rings. The number of nitrogens with one attached hydrogen (secondary N) is 2. The van der Waals surface area contributed by atoms with E-state index in [1.54, 1.807) is 35.3 Å². The monoisotopic (exact) mass is 652 g/mol. The average molecular weight is 653 g/mol. The van der Waals surface area contributed by atoms with Gasteiger partial charge in [-0.1, -0.05) is 23.7 Å². The number of anilines is 2. The highest BCUT2D eigenvalue weighted by atomic mass is 35.5. The van der Waals surface area contributed by atoms with Gasteiger partial charge in [-0.15, -0.1) is 22.7 Å². The summed E-state index contributed by atoms with van der Waals surface area (Å²) in [5, 5.41) is 4.93. The lowest BCUT2D eigenvalue weighted by atomic mass is 10.0. The van der Waals surface area contributed by atoms with Crippen LogP contribution in [0.3, 0.4) is 0 Å². The minimum Gasteiger partial charge on any atom is -0.450 e. The van der Waals surface area contributed by atoms with Crippen molar-refractivity contribution in [2.75, 3.05) is 23.2 Å². The molecule has 1 aliphatic rings. The second-order valence-electron chi connectivity index (χ2n) is 9.66. The molecule has 0 saturated heterocycles. The Morgan fingerprint density at radius 1 is 1.02 bits per heavy atom. The summed E-state index contributed by atoms with van der Waals surface area (Å²) in [5.41, 5.74) is 3.47. The van der Waals surface area contributed by atoms with Crippen molar-refractivity contribution in [3.8, 4) is 10.6 Å². The van der Waals surface area contributed by atoms with E-state index in [2.05, 4.69) is 10.0 Å². The Morgan fingerprint density at radius 3 is 2.49 bits per heavy atom. The molecular weight excluding hydrogens is 628 g/mol. The van der Waals surface area contributed by atoms with Crippen molar-refractivity contribution in [1.29, 1.82) is 0 Å². The van der Waals surface area contributed by atoms with Crippen molar-refractivity contribution in [3.05, 3.63) is 93.8 Å². The second kappa shape index (κ2) is 12.0. The molecule has 5 aromatic rings. The van der Waals surface area contributed by atoms with Crippen LogP contribution in [0.15, 0.2) is 77.7 Å². The Labute approximate surface area is 261 Å². The standard InChI is InChI=1S/C30H25ClN4O5S3/c1-2-40-30(37)35-16-15-22-25(17-35)42-29(26(22)28-32-23-5-3-4-6-24(23)41-28)33-27(36)18-7-11-20(12-8-18)34-43(38,39)21-13-9-19(31)10-14-21/h3-14,34H,2,15-17H2,1H3,(H,33,36). The number of nitrogens with zero attached hydrogens (tertiary/aromatic N) is 2. The van der Waals surface area contributed by atoms with Crippen molar-refractivity contribution in [2.24, 2.45) is 0 Å². The minimum absolute atomic E-state index is 0.0734. The van der Waals surface area contributed by atoms with Crippen LogP contribution in [-0.2, 0) is 27.7 Å². The Balaban J connectivity index is 1.27. The largest absolute Gasteiger partial charge is 0.450 e. The van der Waals surface area contributed by atoms with E-state index in [1.807, 2.05) is 24.3 Å². The van der Waals surface area contributed by atoms with Gasteiger partial charge in [-0.25, -0.2) is 18.2 Å². The SMILES string of the molecule is CCOC(=O)N1CCc2c(sc(NC(=O)c3ccc(NS(=O)(=O)c4ccc(Cl)cc4)cc3)c2-c2nc3ccccc3s2)C1. The maximum Gasteiger partial charge on any atom is 0.410 e. The van der Waals surface area contributed by atoms with Gasteiger partial charge in [-0.2, -0.15) is 0 Å². The Morgan fingerprint density at radius 2 is 1.77 bits per heavy atom. The van der Waals surface area contributed by atoms with E-state index in [1.165, 1.54) is 47.7 Å². The molecule has 0 aliphatic carbocycles. The van der Waals surface area contributed by atoms with E-state index in [0.29, 0.717) is 47.4 Å². The third kappa shape index (κ3) is 6.09. The first kappa shape index (κ1) is 29.1.